The molecule has 3 heteroatoms. The molecule has 14 heavy (non-hydrogen) atoms. The SMILES string of the molecule is CC1SCCN(CC(C)(C)CS)C1C. The van der Waals surface area contributed by atoms with Crippen molar-refractivity contribution in [3.63, 3.8) is 0 Å². The summed E-state index contributed by atoms with van der Waals surface area (Å²) < 4.78 is 0. The van der Waals surface area contributed by atoms with Crippen molar-refractivity contribution >= 4 is 24.4 Å². The Bertz CT molecular complexity index is 182. The second-order valence-electron chi connectivity index (χ2n) is 5.11. The zero-order valence-electron chi connectivity index (χ0n) is 9.79. The van der Waals surface area contributed by atoms with E-state index >= 15 is 0 Å². The molecule has 0 saturated carbocycles. The van der Waals surface area contributed by atoms with Gasteiger partial charge in [0, 0.05) is 30.1 Å². The molecule has 1 fully saturated rings. The van der Waals surface area contributed by atoms with Crippen LogP contribution in [-0.2, 0) is 0 Å². The average molecular weight is 233 g/mol. The van der Waals surface area contributed by atoms with Gasteiger partial charge in [0.25, 0.3) is 0 Å². The topological polar surface area (TPSA) is 3.24 Å². The predicted octanol–water partition coefficient (Wildman–Crippen LogP) is 2.77. The lowest BCUT2D eigenvalue weighted by molar-refractivity contribution is 0.152. The maximum Gasteiger partial charge on any atom is 0.0184 e. The van der Waals surface area contributed by atoms with Crippen molar-refractivity contribution < 1.29 is 0 Å². The van der Waals surface area contributed by atoms with Gasteiger partial charge in [0.1, 0.15) is 0 Å². The van der Waals surface area contributed by atoms with Gasteiger partial charge in [-0.05, 0) is 18.1 Å². The Balaban J connectivity index is 2.51. The fourth-order valence-electron chi connectivity index (χ4n) is 1.82. The number of thiol groups is 1. The summed E-state index contributed by atoms with van der Waals surface area (Å²) in [5.41, 5.74) is 0.346. The zero-order valence-corrected chi connectivity index (χ0v) is 11.5. The van der Waals surface area contributed by atoms with Gasteiger partial charge in [0.2, 0.25) is 0 Å². The molecule has 1 aliphatic rings. The van der Waals surface area contributed by atoms with Gasteiger partial charge in [0.15, 0.2) is 0 Å². The largest absolute Gasteiger partial charge is 0.298 e. The van der Waals surface area contributed by atoms with E-state index in [-0.39, 0.29) is 0 Å². The van der Waals surface area contributed by atoms with Crippen molar-refractivity contribution in [1.82, 2.24) is 4.90 Å². The number of hydrogen-bond acceptors (Lipinski definition) is 3. The molecule has 0 N–H and O–H groups in total. The van der Waals surface area contributed by atoms with Gasteiger partial charge in [0.05, 0.1) is 0 Å². The Morgan fingerprint density at radius 2 is 2.07 bits per heavy atom. The fourth-order valence-corrected chi connectivity index (χ4v) is 3.08. The van der Waals surface area contributed by atoms with Gasteiger partial charge in [-0.1, -0.05) is 20.8 Å². The van der Waals surface area contributed by atoms with Crippen LogP contribution in [0.1, 0.15) is 27.7 Å². The van der Waals surface area contributed by atoms with Crippen LogP contribution in [0.15, 0.2) is 0 Å². The summed E-state index contributed by atoms with van der Waals surface area (Å²) in [6.45, 7) is 11.7. The monoisotopic (exact) mass is 233 g/mol. The van der Waals surface area contributed by atoms with Crippen LogP contribution in [0.4, 0.5) is 0 Å². The highest BCUT2D eigenvalue weighted by molar-refractivity contribution is 8.00. The molecule has 0 aromatic carbocycles. The Hall–Kier alpha value is 0.660. The summed E-state index contributed by atoms with van der Waals surface area (Å²) in [7, 11) is 0. The first-order valence-electron chi connectivity index (χ1n) is 5.43. The Labute approximate surface area is 98.4 Å². The van der Waals surface area contributed by atoms with Crippen LogP contribution in [0.2, 0.25) is 0 Å². The van der Waals surface area contributed by atoms with Crippen LogP contribution in [0.5, 0.6) is 0 Å². The summed E-state index contributed by atoms with van der Waals surface area (Å²) in [5, 5.41) is 0.777. The molecule has 0 aliphatic carbocycles. The van der Waals surface area contributed by atoms with E-state index in [1.807, 2.05) is 0 Å². The zero-order chi connectivity index (χ0) is 10.8. The van der Waals surface area contributed by atoms with Gasteiger partial charge in [-0.15, -0.1) is 0 Å². The minimum atomic E-state index is 0.346. The lowest BCUT2D eigenvalue weighted by Gasteiger charge is -2.41. The molecular formula is C11H23NS2. The second kappa shape index (κ2) is 5.13. The third-order valence-electron chi connectivity index (χ3n) is 3.07. The highest BCUT2D eigenvalue weighted by Gasteiger charge is 2.29. The van der Waals surface area contributed by atoms with E-state index in [0.717, 1.165) is 11.0 Å². The highest BCUT2D eigenvalue weighted by atomic mass is 32.2. The van der Waals surface area contributed by atoms with Crippen molar-refractivity contribution in [2.75, 3.05) is 24.6 Å². The van der Waals surface area contributed by atoms with Crippen molar-refractivity contribution in [3.05, 3.63) is 0 Å². The van der Waals surface area contributed by atoms with Gasteiger partial charge >= 0.3 is 0 Å². The first-order chi connectivity index (χ1) is 6.46. The van der Waals surface area contributed by atoms with Gasteiger partial charge in [-0.2, -0.15) is 24.4 Å². The van der Waals surface area contributed by atoms with Crippen LogP contribution in [0, 0.1) is 5.41 Å². The summed E-state index contributed by atoms with van der Waals surface area (Å²) in [6.07, 6.45) is 0. The molecule has 1 saturated heterocycles. The summed E-state index contributed by atoms with van der Waals surface area (Å²) in [4.78, 5) is 2.62. The molecule has 0 amide bonds. The highest BCUT2D eigenvalue weighted by Crippen LogP contribution is 2.28. The molecular weight excluding hydrogens is 210 g/mol. The molecule has 1 aliphatic heterocycles. The standard InChI is InChI=1S/C11H23NS2/c1-9-10(2)14-6-5-12(9)7-11(3,4)8-13/h9-10,13H,5-8H2,1-4H3. The molecule has 1 nitrogen and oxygen atoms in total. The molecule has 1 heterocycles. The van der Waals surface area contributed by atoms with E-state index in [4.69, 9.17) is 0 Å². The molecule has 2 unspecified atom stereocenters. The Kier molecular flexibility index (Phi) is 4.66. The lowest BCUT2D eigenvalue weighted by atomic mass is 9.94. The fraction of sp³-hybridized carbons (Fsp3) is 1.00. The van der Waals surface area contributed by atoms with Crippen molar-refractivity contribution in [2.24, 2.45) is 5.41 Å². The lowest BCUT2D eigenvalue weighted by Crippen LogP contribution is -2.48. The molecule has 84 valence electrons. The van der Waals surface area contributed by atoms with Crippen LogP contribution >= 0.6 is 24.4 Å². The quantitative estimate of drug-likeness (QED) is 0.747. The molecule has 2 atom stereocenters. The summed E-state index contributed by atoms with van der Waals surface area (Å²) in [5.74, 6) is 2.26. The van der Waals surface area contributed by atoms with Crippen LogP contribution < -0.4 is 0 Å². The molecule has 0 bridgehead atoms. The minimum absolute atomic E-state index is 0.346. The smallest absolute Gasteiger partial charge is 0.0184 e. The van der Waals surface area contributed by atoms with Crippen molar-refractivity contribution in [1.29, 1.82) is 0 Å². The third kappa shape index (κ3) is 3.35. The molecule has 1 rings (SSSR count). The van der Waals surface area contributed by atoms with E-state index in [0.29, 0.717) is 11.5 Å². The first kappa shape index (κ1) is 12.7. The van der Waals surface area contributed by atoms with E-state index < -0.39 is 0 Å². The number of hydrogen-bond donors (Lipinski definition) is 1. The molecule has 0 aromatic rings. The van der Waals surface area contributed by atoms with Gasteiger partial charge in [-0.25, -0.2) is 0 Å². The van der Waals surface area contributed by atoms with E-state index in [1.165, 1.54) is 18.8 Å². The Morgan fingerprint density at radius 1 is 1.43 bits per heavy atom. The van der Waals surface area contributed by atoms with E-state index in [1.54, 1.807) is 0 Å². The van der Waals surface area contributed by atoms with Gasteiger partial charge in [-0.3, -0.25) is 4.90 Å². The maximum atomic E-state index is 4.42. The maximum absolute atomic E-state index is 4.42. The van der Waals surface area contributed by atoms with E-state index in [9.17, 15) is 0 Å². The Morgan fingerprint density at radius 3 is 2.64 bits per heavy atom. The minimum Gasteiger partial charge on any atom is -0.298 e. The van der Waals surface area contributed by atoms with Crippen molar-refractivity contribution in [2.45, 2.75) is 39.0 Å². The number of thioether (sulfide) groups is 1. The van der Waals surface area contributed by atoms with Crippen LogP contribution in [0.25, 0.3) is 0 Å². The normalized spacial score (nSPS) is 30.6. The molecule has 0 radical (unpaired) electrons. The van der Waals surface area contributed by atoms with Gasteiger partial charge < -0.3 is 0 Å². The van der Waals surface area contributed by atoms with Crippen LogP contribution in [0.3, 0.4) is 0 Å². The number of nitrogens with zero attached hydrogens (tertiary/aromatic N) is 1. The third-order valence-corrected chi connectivity index (χ3v) is 5.27. The van der Waals surface area contributed by atoms with Crippen LogP contribution in [-0.4, -0.2) is 40.8 Å². The van der Waals surface area contributed by atoms with Crippen molar-refractivity contribution in [3.8, 4) is 0 Å². The van der Waals surface area contributed by atoms with E-state index in [2.05, 4.69) is 57.0 Å². The number of rotatable bonds is 3. The molecule has 0 aromatic heterocycles. The predicted molar refractivity (Wildman–Crippen MR) is 70.6 cm³/mol. The second-order valence-corrected chi connectivity index (χ2v) is 6.91. The average Bonchev–Trinajstić information content (AvgIpc) is 2.13. The molecule has 0 spiro atoms. The summed E-state index contributed by atoms with van der Waals surface area (Å²) >= 11 is 6.52. The summed E-state index contributed by atoms with van der Waals surface area (Å²) in [6, 6.07) is 0.716. The first-order valence-corrected chi connectivity index (χ1v) is 7.11.